The van der Waals surface area contributed by atoms with Crippen LogP contribution in [-0.2, 0) is 0 Å². The Balaban J connectivity index is 1.78. The van der Waals surface area contributed by atoms with Gasteiger partial charge in [0.05, 0.1) is 12.1 Å². The zero-order valence-electron chi connectivity index (χ0n) is 12.5. The van der Waals surface area contributed by atoms with Gasteiger partial charge < -0.3 is 14.6 Å². The number of rotatable bonds is 4. The van der Waals surface area contributed by atoms with E-state index in [1.165, 1.54) is 6.07 Å². The van der Waals surface area contributed by atoms with E-state index < -0.39 is 5.91 Å². The summed E-state index contributed by atoms with van der Waals surface area (Å²) in [5.41, 5.74) is 1.70. The summed E-state index contributed by atoms with van der Waals surface area (Å²) in [6, 6.07) is 13.5. The smallest absolute Gasteiger partial charge is 0.294 e. The molecular formula is C17H12Cl2N2O3. The molecule has 24 heavy (non-hydrogen) atoms. The van der Waals surface area contributed by atoms with Crippen LogP contribution in [0.25, 0.3) is 11.3 Å². The van der Waals surface area contributed by atoms with Gasteiger partial charge in [0.1, 0.15) is 11.4 Å². The number of ether oxygens (including phenoxy) is 1. The van der Waals surface area contributed by atoms with Crippen LogP contribution in [0.5, 0.6) is 5.75 Å². The maximum atomic E-state index is 12.2. The zero-order valence-corrected chi connectivity index (χ0v) is 14.1. The summed E-state index contributed by atoms with van der Waals surface area (Å²) in [5, 5.41) is 7.55. The van der Waals surface area contributed by atoms with Gasteiger partial charge in [-0.1, -0.05) is 28.4 Å². The lowest BCUT2D eigenvalue weighted by molar-refractivity contribution is 0.0988. The van der Waals surface area contributed by atoms with Gasteiger partial charge in [-0.25, -0.2) is 0 Å². The van der Waals surface area contributed by atoms with E-state index in [0.717, 1.165) is 0 Å². The molecule has 1 aromatic heterocycles. The minimum Gasteiger partial charge on any atom is -0.497 e. The van der Waals surface area contributed by atoms with Crippen molar-refractivity contribution in [1.82, 2.24) is 5.16 Å². The Kier molecular flexibility index (Phi) is 4.74. The van der Waals surface area contributed by atoms with E-state index in [2.05, 4.69) is 10.5 Å². The summed E-state index contributed by atoms with van der Waals surface area (Å²) in [6.45, 7) is 0. The summed E-state index contributed by atoms with van der Waals surface area (Å²) in [6.07, 6.45) is 0. The molecule has 0 unspecified atom stereocenters. The first-order valence-electron chi connectivity index (χ1n) is 6.94. The molecule has 0 fully saturated rings. The molecule has 3 rings (SSSR count). The highest BCUT2D eigenvalue weighted by molar-refractivity contribution is 6.36. The van der Waals surface area contributed by atoms with Crippen LogP contribution in [0.4, 0.5) is 5.69 Å². The normalized spacial score (nSPS) is 10.5. The molecule has 0 atom stereocenters. The molecule has 1 heterocycles. The Morgan fingerprint density at radius 1 is 1.12 bits per heavy atom. The number of amides is 1. The van der Waals surface area contributed by atoms with Crippen molar-refractivity contribution in [3.63, 3.8) is 0 Å². The van der Waals surface area contributed by atoms with Crippen molar-refractivity contribution in [1.29, 1.82) is 0 Å². The Bertz CT molecular complexity index is 876. The zero-order chi connectivity index (χ0) is 17.1. The van der Waals surface area contributed by atoms with Gasteiger partial charge in [-0.3, -0.25) is 4.79 Å². The van der Waals surface area contributed by atoms with Crippen LogP contribution in [0.15, 0.2) is 53.1 Å². The van der Waals surface area contributed by atoms with Crippen LogP contribution < -0.4 is 10.1 Å². The molecule has 5 nitrogen and oxygen atoms in total. The number of aromatic nitrogens is 1. The fourth-order valence-electron chi connectivity index (χ4n) is 2.07. The van der Waals surface area contributed by atoms with Crippen molar-refractivity contribution in [2.24, 2.45) is 0 Å². The van der Waals surface area contributed by atoms with Gasteiger partial charge in [0.25, 0.3) is 5.91 Å². The van der Waals surface area contributed by atoms with Gasteiger partial charge in [0.15, 0.2) is 0 Å². The highest BCUT2D eigenvalue weighted by Crippen LogP contribution is 2.30. The van der Waals surface area contributed by atoms with Gasteiger partial charge >= 0.3 is 0 Å². The maximum absolute atomic E-state index is 12.2. The Hall–Kier alpha value is -2.50. The molecule has 0 aliphatic heterocycles. The summed E-state index contributed by atoms with van der Waals surface area (Å²) < 4.78 is 10.2. The average molecular weight is 363 g/mol. The predicted molar refractivity (Wildman–Crippen MR) is 92.9 cm³/mol. The van der Waals surface area contributed by atoms with Gasteiger partial charge in [-0.2, -0.15) is 0 Å². The van der Waals surface area contributed by atoms with Crippen molar-refractivity contribution in [2.45, 2.75) is 0 Å². The summed E-state index contributed by atoms with van der Waals surface area (Å²) in [4.78, 5) is 12.2. The molecule has 1 amide bonds. The second-order valence-electron chi connectivity index (χ2n) is 4.88. The fraction of sp³-hybridized carbons (Fsp3) is 0.0588. The lowest BCUT2D eigenvalue weighted by Gasteiger charge is -2.04. The van der Waals surface area contributed by atoms with E-state index in [1.54, 1.807) is 49.6 Å². The van der Waals surface area contributed by atoms with Crippen LogP contribution >= 0.6 is 23.2 Å². The number of anilines is 1. The van der Waals surface area contributed by atoms with E-state index in [1.807, 2.05) is 0 Å². The Morgan fingerprint density at radius 3 is 2.54 bits per heavy atom. The fourth-order valence-corrected chi connectivity index (χ4v) is 2.58. The van der Waals surface area contributed by atoms with Crippen LogP contribution in [0.2, 0.25) is 10.0 Å². The number of methoxy groups -OCH3 is 1. The Morgan fingerprint density at radius 2 is 1.88 bits per heavy atom. The topological polar surface area (TPSA) is 64.4 Å². The number of nitrogens with zero attached hydrogens (tertiary/aromatic N) is 1. The SMILES string of the molecule is COc1ccc(NC(=O)c2cc(-c3ccc(Cl)cc3Cl)no2)cc1. The molecule has 0 aliphatic rings. The third kappa shape index (κ3) is 3.53. The molecule has 7 heteroatoms. The number of carbonyl (C=O) groups excluding carboxylic acids is 1. The van der Waals surface area contributed by atoms with Crippen LogP contribution in [-0.4, -0.2) is 18.2 Å². The van der Waals surface area contributed by atoms with Crippen molar-refractivity contribution in [3.05, 3.63) is 64.3 Å². The molecular weight excluding hydrogens is 351 g/mol. The monoisotopic (exact) mass is 362 g/mol. The molecule has 0 aliphatic carbocycles. The van der Waals surface area contributed by atoms with E-state index in [0.29, 0.717) is 32.7 Å². The molecule has 0 bridgehead atoms. The van der Waals surface area contributed by atoms with E-state index >= 15 is 0 Å². The molecule has 3 aromatic rings. The van der Waals surface area contributed by atoms with Gasteiger partial charge in [0.2, 0.25) is 5.76 Å². The van der Waals surface area contributed by atoms with E-state index in [9.17, 15) is 4.79 Å². The minimum absolute atomic E-state index is 0.0758. The van der Waals surface area contributed by atoms with E-state index in [-0.39, 0.29) is 5.76 Å². The number of nitrogens with one attached hydrogen (secondary N) is 1. The summed E-state index contributed by atoms with van der Waals surface area (Å²) in [5.74, 6) is 0.364. The third-order valence-corrected chi connectivity index (χ3v) is 3.84. The first kappa shape index (κ1) is 16.4. The quantitative estimate of drug-likeness (QED) is 0.715. The number of halogens is 2. The highest BCUT2D eigenvalue weighted by Gasteiger charge is 2.16. The minimum atomic E-state index is -0.413. The van der Waals surface area contributed by atoms with Crippen molar-refractivity contribution in [2.75, 3.05) is 12.4 Å². The van der Waals surface area contributed by atoms with E-state index in [4.69, 9.17) is 32.5 Å². The largest absolute Gasteiger partial charge is 0.497 e. The average Bonchev–Trinajstić information content (AvgIpc) is 3.05. The number of hydrogen-bond acceptors (Lipinski definition) is 4. The highest BCUT2D eigenvalue weighted by atomic mass is 35.5. The lowest BCUT2D eigenvalue weighted by atomic mass is 10.1. The predicted octanol–water partition coefficient (Wildman–Crippen LogP) is 4.91. The van der Waals surface area contributed by atoms with Crippen LogP contribution in [0.1, 0.15) is 10.6 Å². The molecule has 122 valence electrons. The summed E-state index contributed by atoms with van der Waals surface area (Å²) >= 11 is 12.0. The lowest BCUT2D eigenvalue weighted by Crippen LogP contribution is -2.10. The second-order valence-corrected chi connectivity index (χ2v) is 5.73. The molecule has 0 spiro atoms. The molecule has 0 saturated carbocycles. The number of benzene rings is 2. The maximum Gasteiger partial charge on any atom is 0.294 e. The number of hydrogen-bond donors (Lipinski definition) is 1. The first-order valence-corrected chi connectivity index (χ1v) is 7.70. The van der Waals surface area contributed by atoms with Crippen molar-refractivity contribution >= 4 is 34.8 Å². The second kappa shape index (κ2) is 6.95. The van der Waals surface area contributed by atoms with Crippen molar-refractivity contribution in [3.8, 4) is 17.0 Å². The van der Waals surface area contributed by atoms with Crippen molar-refractivity contribution < 1.29 is 14.1 Å². The van der Waals surface area contributed by atoms with Crippen LogP contribution in [0, 0.1) is 0 Å². The van der Waals surface area contributed by atoms with Gasteiger partial charge in [-0.05, 0) is 42.5 Å². The van der Waals surface area contributed by atoms with Gasteiger partial charge in [-0.15, -0.1) is 0 Å². The first-order chi connectivity index (χ1) is 11.6. The third-order valence-electron chi connectivity index (χ3n) is 3.29. The standard InChI is InChI=1S/C17H12Cl2N2O3/c1-23-12-5-3-11(4-6-12)20-17(22)16-9-15(21-24-16)13-7-2-10(18)8-14(13)19/h2-9H,1H3,(H,20,22). The van der Waals surface area contributed by atoms with Crippen LogP contribution in [0.3, 0.4) is 0 Å². The molecule has 0 saturated heterocycles. The molecule has 2 aromatic carbocycles. The number of carbonyl (C=O) groups is 1. The Labute approximate surface area is 148 Å². The molecule has 0 radical (unpaired) electrons. The summed E-state index contributed by atoms with van der Waals surface area (Å²) in [7, 11) is 1.57. The molecule has 1 N–H and O–H groups in total. The van der Waals surface area contributed by atoms with Gasteiger partial charge in [0, 0.05) is 22.3 Å².